The molecule has 0 bridgehead atoms. The molecule has 0 atom stereocenters. The van der Waals surface area contributed by atoms with Gasteiger partial charge < -0.3 is 4.57 Å². The standard InChI is InChI=1S/C10H14N2/c1-5-8(2)6-12-7-11-9(3)10(12)4/h7H,1,6H2,2-4H3. The molecular formula is C10H14N2. The molecule has 0 saturated carbocycles. The minimum Gasteiger partial charge on any atom is -0.330 e. The maximum atomic E-state index is 4.20. The van der Waals surface area contributed by atoms with E-state index in [9.17, 15) is 0 Å². The van der Waals surface area contributed by atoms with Gasteiger partial charge in [-0.05, 0) is 26.3 Å². The molecule has 1 aromatic heterocycles. The minimum atomic E-state index is 0.843. The molecule has 64 valence electrons. The van der Waals surface area contributed by atoms with Crippen LogP contribution in [0.15, 0.2) is 24.2 Å². The lowest BCUT2D eigenvalue weighted by Crippen LogP contribution is -1.99. The van der Waals surface area contributed by atoms with Crippen LogP contribution in [0.3, 0.4) is 0 Å². The number of allylic oxidation sites excluding steroid dienone is 1. The van der Waals surface area contributed by atoms with Gasteiger partial charge in [-0.3, -0.25) is 0 Å². The number of imidazole rings is 1. The van der Waals surface area contributed by atoms with Gasteiger partial charge in [0.15, 0.2) is 0 Å². The predicted octanol–water partition coefficient (Wildman–Crippen LogP) is 2.23. The highest BCUT2D eigenvalue weighted by atomic mass is 15.0. The highest BCUT2D eigenvalue weighted by Crippen LogP contribution is 2.06. The Hall–Kier alpha value is -1.27. The third-order valence-corrected chi connectivity index (χ3v) is 2.05. The first-order valence-corrected chi connectivity index (χ1v) is 3.99. The fraction of sp³-hybridized carbons (Fsp3) is 0.400. The number of aromatic nitrogens is 2. The van der Waals surface area contributed by atoms with E-state index in [1.54, 1.807) is 0 Å². The van der Waals surface area contributed by atoms with Gasteiger partial charge in [0, 0.05) is 5.69 Å². The average Bonchev–Trinajstić information content (AvgIpc) is 2.36. The highest BCUT2D eigenvalue weighted by Gasteiger charge is 2.00. The Bertz CT molecular complexity index is 328. The van der Waals surface area contributed by atoms with Crippen molar-refractivity contribution < 1.29 is 0 Å². The molecule has 0 aliphatic heterocycles. The van der Waals surface area contributed by atoms with E-state index in [0.717, 1.165) is 17.8 Å². The number of hydrogen-bond acceptors (Lipinski definition) is 1. The smallest absolute Gasteiger partial charge is 0.0954 e. The monoisotopic (exact) mass is 162 g/mol. The van der Waals surface area contributed by atoms with Gasteiger partial charge in [-0.25, -0.2) is 4.98 Å². The fourth-order valence-corrected chi connectivity index (χ4v) is 1.01. The summed E-state index contributed by atoms with van der Waals surface area (Å²) in [5.74, 6) is 0. The van der Waals surface area contributed by atoms with Crippen LogP contribution in [-0.2, 0) is 6.54 Å². The first kappa shape index (κ1) is 8.82. The van der Waals surface area contributed by atoms with Crippen LogP contribution in [0, 0.1) is 13.8 Å². The van der Waals surface area contributed by atoms with Crippen molar-refractivity contribution in [2.75, 3.05) is 0 Å². The zero-order valence-corrected chi connectivity index (χ0v) is 7.89. The maximum absolute atomic E-state index is 4.20. The molecule has 0 unspecified atom stereocenters. The average molecular weight is 162 g/mol. The molecule has 12 heavy (non-hydrogen) atoms. The van der Waals surface area contributed by atoms with Crippen LogP contribution in [0.5, 0.6) is 0 Å². The Morgan fingerprint density at radius 3 is 2.75 bits per heavy atom. The molecule has 1 rings (SSSR count). The molecule has 1 heterocycles. The Labute approximate surface area is 73.2 Å². The summed E-state index contributed by atoms with van der Waals surface area (Å²) >= 11 is 0. The summed E-state index contributed by atoms with van der Waals surface area (Å²) in [6, 6.07) is 0. The largest absolute Gasteiger partial charge is 0.330 e. The van der Waals surface area contributed by atoms with Crippen molar-refractivity contribution in [3.05, 3.63) is 35.6 Å². The zero-order chi connectivity index (χ0) is 9.14. The van der Waals surface area contributed by atoms with E-state index in [1.807, 2.05) is 20.2 Å². The fourth-order valence-electron chi connectivity index (χ4n) is 1.01. The quantitative estimate of drug-likeness (QED) is 0.610. The second-order valence-electron chi connectivity index (χ2n) is 3.00. The Morgan fingerprint density at radius 2 is 2.33 bits per heavy atom. The summed E-state index contributed by atoms with van der Waals surface area (Å²) in [6.45, 7) is 10.5. The second-order valence-corrected chi connectivity index (χ2v) is 3.00. The van der Waals surface area contributed by atoms with E-state index in [4.69, 9.17) is 0 Å². The van der Waals surface area contributed by atoms with E-state index < -0.39 is 0 Å². The molecule has 0 aliphatic rings. The van der Waals surface area contributed by atoms with E-state index >= 15 is 0 Å². The SMILES string of the molecule is C=C=C(C)Cn1cnc(C)c1C. The van der Waals surface area contributed by atoms with Gasteiger partial charge in [0.1, 0.15) is 0 Å². The van der Waals surface area contributed by atoms with Crippen LogP contribution in [0.25, 0.3) is 0 Å². The molecule has 0 aliphatic carbocycles. The molecule has 2 heteroatoms. The number of rotatable bonds is 2. The minimum absolute atomic E-state index is 0.843. The molecule has 0 aromatic carbocycles. The van der Waals surface area contributed by atoms with Crippen LogP contribution in [0.1, 0.15) is 18.3 Å². The number of hydrogen-bond donors (Lipinski definition) is 0. The zero-order valence-electron chi connectivity index (χ0n) is 7.89. The maximum Gasteiger partial charge on any atom is 0.0954 e. The van der Waals surface area contributed by atoms with Crippen molar-refractivity contribution in [2.45, 2.75) is 27.3 Å². The van der Waals surface area contributed by atoms with Crippen molar-refractivity contribution >= 4 is 0 Å². The van der Waals surface area contributed by atoms with Gasteiger partial charge in [-0.15, -0.1) is 5.73 Å². The summed E-state index contributed by atoms with van der Waals surface area (Å²) in [5.41, 5.74) is 6.30. The van der Waals surface area contributed by atoms with Crippen molar-refractivity contribution in [3.8, 4) is 0 Å². The molecule has 1 aromatic rings. The van der Waals surface area contributed by atoms with Gasteiger partial charge in [0.05, 0.1) is 18.6 Å². The van der Waals surface area contributed by atoms with E-state index in [0.29, 0.717) is 0 Å². The molecule has 0 N–H and O–H groups in total. The van der Waals surface area contributed by atoms with E-state index in [-0.39, 0.29) is 0 Å². The molecule has 0 spiro atoms. The Kier molecular flexibility index (Phi) is 2.51. The number of aryl methyl sites for hydroxylation is 1. The lowest BCUT2D eigenvalue weighted by molar-refractivity contribution is 0.757. The summed E-state index contributed by atoms with van der Waals surface area (Å²) in [4.78, 5) is 4.20. The van der Waals surface area contributed by atoms with Crippen molar-refractivity contribution in [1.29, 1.82) is 0 Å². The first-order valence-electron chi connectivity index (χ1n) is 3.99. The lowest BCUT2D eigenvalue weighted by atomic mass is 10.3. The van der Waals surface area contributed by atoms with Crippen molar-refractivity contribution in [3.63, 3.8) is 0 Å². The summed E-state index contributed by atoms with van der Waals surface area (Å²) in [7, 11) is 0. The van der Waals surface area contributed by atoms with Crippen LogP contribution < -0.4 is 0 Å². The van der Waals surface area contributed by atoms with Crippen LogP contribution >= 0.6 is 0 Å². The van der Waals surface area contributed by atoms with Crippen LogP contribution in [-0.4, -0.2) is 9.55 Å². The summed E-state index contributed by atoms with van der Waals surface area (Å²) < 4.78 is 2.10. The van der Waals surface area contributed by atoms with Gasteiger partial charge in [0.25, 0.3) is 0 Å². The third-order valence-electron chi connectivity index (χ3n) is 2.05. The molecule has 0 saturated heterocycles. The second kappa shape index (κ2) is 3.42. The van der Waals surface area contributed by atoms with E-state index in [1.165, 1.54) is 5.69 Å². The molecule has 0 amide bonds. The lowest BCUT2D eigenvalue weighted by Gasteiger charge is -2.03. The number of nitrogens with zero attached hydrogens (tertiary/aromatic N) is 2. The van der Waals surface area contributed by atoms with Gasteiger partial charge >= 0.3 is 0 Å². The van der Waals surface area contributed by atoms with Crippen molar-refractivity contribution in [2.24, 2.45) is 0 Å². The predicted molar refractivity (Wildman–Crippen MR) is 50.0 cm³/mol. The van der Waals surface area contributed by atoms with Gasteiger partial charge in [-0.1, -0.05) is 6.58 Å². The summed E-state index contributed by atoms with van der Waals surface area (Å²) in [6.07, 6.45) is 1.85. The van der Waals surface area contributed by atoms with Crippen LogP contribution in [0.4, 0.5) is 0 Å². The van der Waals surface area contributed by atoms with Crippen molar-refractivity contribution in [1.82, 2.24) is 9.55 Å². The van der Waals surface area contributed by atoms with Gasteiger partial charge in [0.2, 0.25) is 0 Å². The first-order chi connectivity index (χ1) is 5.65. The highest BCUT2D eigenvalue weighted by molar-refractivity contribution is 5.10. The molecule has 0 fully saturated rings. The summed E-state index contributed by atoms with van der Waals surface area (Å²) in [5, 5.41) is 0. The topological polar surface area (TPSA) is 17.8 Å². The molecule has 0 radical (unpaired) electrons. The van der Waals surface area contributed by atoms with Crippen LogP contribution in [0.2, 0.25) is 0 Å². The molecular weight excluding hydrogens is 148 g/mol. The Morgan fingerprint density at radius 1 is 1.67 bits per heavy atom. The van der Waals surface area contributed by atoms with E-state index in [2.05, 4.69) is 28.8 Å². The Balaban J connectivity index is 2.90. The van der Waals surface area contributed by atoms with Gasteiger partial charge in [-0.2, -0.15) is 0 Å². The normalized spacial score (nSPS) is 9.58. The molecule has 2 nitrogen and oxygen atoms in total. The third kappa shape index (κ3) is 1.66.